The molecule has 0 aromatic carbocycles. The van der Waals surface area contributed by atoms with Crippen LogP contribution in [0.3, 0.4) is 0 Å². The first-order valence-electron chi connectivity index (χ1n) is 9.34. The van der Waals surface area contributed by atoms with Gasteiger partial charge in [0.05, 0.1) is 12.3 Å². The molecule has 1 unspecified atom stereocenters. The van der Waals surface area contributed by atoms with E-state index >= 15 is 0 Å². The van der Waals surface area contributed by atoms with E-state index in [2.05, 4.69) is 12.2 Å². The second-order valence-electron chi connectivity index (χ2n) is 5.68. The molecule has 1 heterocycles. The lowest BCUT2D eigenvalue weighted by molar-refractivity contribution is 0.0878. The van der Waals surface area contributed by atoms with Gasteiger partial charge in [-0.1, -0.05) is 20.8 Å². The first-order chi connectivity index (χ1) is 12.2. The molecule has 1 aliphatic rings. The summed E-state index contributed by atoms with van der Waals surface area (Å²) in [6.45, 7) is 9.62. The molecule has 0 spiro atoms. The van der Waals surface area contributed by atoms with Crippen LogP contribution in [0.5, 0.6) is 5.88 Å². The number of aromatic nitrogens is 2. The summed E-state index contributed by atoms with van der Waals surface area (Å²) < 4.78 is 11.2. The van der Waals surface area contributed by atoms with Gasteiger partial charge in [0, 0.05) is 25.7 Å². The zero-order valence-corrected chi connectivity index (χ0v) is 17.1. The lowest BCUT2D eigenvalue weighted by Crippen LogP contribution is -2.22. The third-order valence-electron chi connectivity index (χ3n) is 3.69. The van der Waals surface area contributed by atoms with Crippen molar-refractivity contribution in [2.45, 2.75) is 65.4 Å². The number of ether oxygens (including phenoxy) is 2. The minimum Gasteiger partial charge on any atom is -0.472 e. The molecule has 1 saturated carbocycles. The van der Waals surface area contributed by atoms with Crippen LogP contribution in [0.15, 0.2) is 0 Å². The summed E-state index contributed by atoms with van der Waals surface area (Å²) >= 11 is 0. The molecule has 1 aromatic heterocycles. The number of nitrogens with zero attached hydrogens (tertiary/aromatic N) is 2. The van der Waals surface area contributed by atoms with Crippen molar-refractivity contribution in [1.82, 2.24) is 15.3 Å². The maximum absolute atomic E-state index is 7.00. The van der Waals surface area contributed by atoms with E-state index in [-0.39, 0.29) is 6.10 Å². The molecule has 0 saturated heterocycles. The summed E-state index contributed by atoms with van der Waals surface area (Å²) in [7, 11) is 4.65. The number of hydrogen-bond donors (Lipinski definition) is 2. The molecule has 0 amide bonds. The average Bonchev–Trinajstić information content (AvgIpc) is 3.49. The second kappa shape index (κ2) is 14.0. The molecule has 1 atom stereocenters. The summed E-state index contributed by atoms with van der Waals surface area (Å²) in [4.78, 5) is 9.47. The zero-order chi connectivity index (χ0) is 19.2. The number of hydrogen-bond acceptors (Lipinski definition) is 6. The lowest BCUT2D eigenvalue weighted by Gasteiger charge is -2.18. The summed E-state index contributed by atoms with van der Waals surface area (Å²) in [5.41, 5.74) is 2.26. The van der Waals surface area contributed by atoms with Gasteiger partial charge in [-0.25, -0.2) is 4.98 Å². The Balaban J connectivity index is 0.00000134. The molecule has 146 valence electrons. The SMILES string of the molecule is CC.CCc1nc(C2CC2)nc(OC(C)COC)c1CCNC.CO. The maximum Gasteiger partial charge on any atom is 0.220 e. The quantitative estimate of drug-likeness (QED) is 0.709. The highest BCUT2D eigenvalue weighted by atomic mass is 16.5. The number of nitrogens with one attached hydrogen (secondary N) is 1. The van der Waals surface area contributed by atoms with Gasteiger partial charge in [-0.05, 0) is 46.2 Å². The van der Waals surface area contributed by atoms with E-state index in [1.165, 1.54) is 12.8 Å². The number of aliphatic hydroxyl groups is 1. The van der Waals surface area contributed by atoms with E-state index in [9.17, 15) is 0 Å². The predicted molar refractivity (Wildman–Crippen MR) is 102 cm³/mol. The summed E-state index contributed by atoms with van der Waals surface area (Å²) in [6, 6.07) is 0. The molecule has 1 aliphatic carbocycles. The van der Waals surface area contributed by atoms with Crippen LogP contribution in [-0.4, -0.2) is 55.6 Å². The fraction of sp³-hybridized carbons (Fsp3) is 0.789. The highest BCUT2D eigenvalue weighted by Crippen LogP contribution is 2.39. The number of rotatable bonds is 9. The largest absolute Gasteiger partial charge is 0.472 e. The van der Waals surface area contributed by atoms with Crippen molar-refractivity contribution in [1.29, 1.82) is 0 Å². The van der Waals surface area contributed by atoms with Gasteiger partial charge in [0.15, 0.2) is 0 Å². The lowest BCUT2D eigenvalue weighted by atomic mass is 10.1. The Bertz CT molecular complexity index is 465. The van der Waals surface area contributed by atoms with Crippen molar-refractivity contribution in [2.24, 2.45) is 0 Å². The Kier molecular flexibility index (Phi) is 13.3. The highest BCUT2D eigenvalue weighted by molar-refractivity contribution is 5.33. The van der Waals surface area contributed by atoms with Crippen LogP contribution in [0.4, 0.5) is 0 Å². The minimum atomic E-state index is -0.00463. The van der Waals surface area contributed by atoms with E-state index in [0.717, 1.165) is 49.5 Å². The van der Waals surface area contributed by atoms with Crippen LogP contribution in [-0.2, 0) is 17.6 Å². The van der Waals surface area contributed by atoms with E-state index in [1.54, 1.807) is 7.11 Å². The van der Waals surface area contributed by atoms with Crippen LogP contribution < -0.4 is 10.1 Å². The van der Waals surface area contributed by atoms with Crippen LogP contribution in [0.25, 0.3) is 0 Å². The number of likely N-dealkylation sites (N-methyl/N-ethyl adjacent to an activating group) is 1. The second-order valence-corrected chi connectivity index (χ2v) is 5.68. The summed E-state index contributed by atoms with van der Waals surface area (Å²) in [5, 5.41) is 10.2. The molecule has 2 N–H and O–H groups in total. The molecule has 6 heteroatoms. The Hall–Kier alpha value is -1.24. The first-order valence-corrected chi connectivity index (χ1v) is 9.34. The number of aliphatic hydroxyl groups excluding tert-OH is 1. The Labute approximate surface area is 153 Å². The first kappa shape index (κ1) is 23.8. The van der Waals surface area contributed by atoms with Gasteiger partial charge < -0.3 is 19.9 Å². The van der Waals surface area contributed by atoms with Crippen molar-refractivity contribution < 1.29 is 14.6 Å². The molecular formula is C19H37N3O3. The molecule has 1 fully saturated rings. The number of methoxy groups -OCH3 is 1. The third kappa shape index (κ3) is 8.12. The van der Waals surface area contributed by atoms with Crippen LogP contribution >= 0.6 is 0 Å². The average molecular weight is 356 g/mol. The van der Waals surface area contributed by atoms with Crippen molar-refractivity contribution >= 4 is 0 Å². The predicted octanol–water partition coefficient (Wildman–Crippen LogP) is 2.73. The molecule has 6 nitrogen and oxygen atoms in total. The monoisotopic (exact) mass is 355 g/mol. The Morgan fingerprint density at radius 1 is 1.24 bits per heavy atom. The van der Waals surface area contributed by atoms with Crippen LogP contribution in [0.2, 0.25) is 0 Å². The van der Waals surface area contributed by atoms with Crippen LogP contribution in [0, 0.1) is 0 Å². The van der Waals surface area contributed by atoms with Crippen LogP contribution in [0.1, 0.15) is 63.5 Å². The van der Waals surface area contributed by atoms with Gasteiger partial charge >= 0.3 is 0 Å². The van der Waals surface area contributed by atoms with E-state index in [0.29, 0.717) is 12.5 Å². The van der Waals surface area contributed by atoms with Crippen molar-refractivity contribution in [2.75, 3.05) is 34.4 Å². The summed E-state index contributed by atoms with van der Waals surface area (Å²) in [5.74, 6) is 2.25. The topological polar surface area (TPSA) is 76.5 Å². The minimum absolute atomic E-state index is 0.00463. The third-order valence-corrected chi connectivity index (χ3v) is 3.69. The van der Waals surface area contributed by atoms with Crippen molar-refractivity contribution in [3.05, 3.63) is 17.1 Å². The molecule has 0 bridgehead atoms. The Morgan fingerprint density at radius 2 is 1.88 bits per heavy atom. The molecule has 2 rings (SSSR count). The van der Waals surface area contributed by atoms with Gasteiger partial charge in [-0.3, -0.25) is 0 Å². The maximum atomic E-state index is 7.00. The van der Waals surface area contributed by atoms with Gasteiger partial charge in [-0.2, -0.15) is 4.98 Å². The zero-order valence-electron chi connectivity index (χ0n) is 17.1. The Morgan fingerprint density at radius 3 is 2.36 bits per heavy atom. The molecular weight excluding hydrogens is 318 g/mol. The molecule has 25 heavy (non-hydrogen) atoms. The van der Waals surface area contributed by atoms with Gasteiger partial charge in [0.1, 0.15) is 11.9 Å². The van der Waals surface area contributed by atoms with E-state index in [1.807, 2.05) is 27.8 Å². The number of aryl methyl sites for hydroxylation is 1. The van der Waals surface area contributed by atoms with Gasteiger partial charge in [-0.15, -0.1) is 0 Å². The van der Waals surface area contributed by atoms with Gasteiger partial charge in [0.25, 0.3) is 0 Å². The van der Waals surface area contributed by atoms with E-state index < -0.39 is 0 Å². The highest BCUT2D eigenvalue weighted by Gasteiger charge is 2.29. The molecule has 0 radical (unpaired) electrons. The fourth-order valence-electron chi connectivity index (χ4n) is 2.40. The molecule has 1 aromatic rings. The van der Waals surface area contributed by atoms with Gasteiger partial charge in [0.2, 0.25) is 5.88 Å². The smallest absolute Gasteiger partial charge is 0.220 e. The van der Waals surface area contributed by atoms with E-state index in [4.69, 9.17) is 24.5 Å². The molecule has 0 aliphatic heterocycles. The normalized spacial score (nSPS) is 13.9. The van der Waals surface area contributed by atoms with Crippen molar-refractivity contribution in [3.8, 4) is 5.88 Å². The standard InChI is InChI=1S/C16H27N3O2.C2H6.CH4O/c1-5-14-13(8-9-17-3)16(21-11(2)10-20-4)19-15(18-14)12-6-7-12;2*1-2/h11-12,17H,5-10H2,1-4H3;1-2H3;2H,1H3. The fourth-order valence-corrected chi connectivity index (χ4v) is 2.40. The van der Waals surface area contributed by atoms with Crippen molar-refractivity contribution in [3.63, 3.8) is 0 Å². The summed E-state index contributed by atoms with van der Waals surface area (Å²) in [6.07, 6.45) is 4.20.